The van der Waals surface area contributed by atoms with Crippen LogP contribution in [0.2, 0.25) is 0 Å². The van der Waals surface area contributed by atoms with Gasteiger partial charge in [0, 0.05) is 32.2 Å². The van der Waals surface area contributed by atoms with Crippen LogP contribution in [0.5, 0.6) is 0 Å². The van der Waals surface area contributed by atoms with Crippen LogP contribution in [0, 0.1) is 5.92 Å². The van der Waals surface area contributed by atoms with E-state index in [-0.39, 0.29) is 5.91 Å². The van der Waals surface area contributed by atoms with Gasteiger partial charge in [-0.1, -0.05) is 18.2 Å². The molecule has 1 fully saturated rings. The summed E-state index contributed by atoms with van der Waals surface area (Å²) in [6.07, 6.45) is 3.52. The Morgan fingerprint density at radius 2 is 1.96 bits per heavy atom. The summed E-state index contributed by atoms with van der Waals surface area (Å²) >= 11 is 3.48. The van der Waals surface area contributed by atoms with E-state index >= 15 is 0 Å². The van der Waals surface area contributed by atoms with Gasteiger partial charge in [-0.3, -0.25) is 4.79 Å². The SMILES string of the molecule is Cn1nc(Br)c2c(NCC3CCN(C(=O)c4ccccc4)CC3)ncnc21. The van der Waals surface area contributed by atoms with E-state index in [1.807, 2.05) is 42.3 Å². The average Bonchev–Trinajstić information content (AvgIpc) is 3.01. The lowest BCUT2D eigenvalue weighted by atomic mass is 9.96. The summed E-state index contributed by atoms with van der Waals surface area (Å²) in [5.41, 5.74) is 1.56. The number of carbonyl (C=O) groups excluding carboxylic acids is 1. The first-order valence-corrected chi connectivity index (χ1v) is 9.84. The van der Waals surface area contributed by atoms with Gasteiger partial charge in [-0.25, -0.2) is 14.6 Å². The molecular weight excluding hydrogens is 408 g/mol. The fraction of sp³-hybridized carbons (Fsp3) is 0.368. The third-order valence-electron chi connectivity index (χ3n) is 5.06. The molecule has 4 rings (SSSR count). The summed E-state index contributed by atoms with van der Waals surface area (Å²) in [5.74, 6) is 1.42. The van der Waals surface area contributed by atoms with E-state index in [9.17, 15) is 4.79 Å². The normalized spacial score (nSPS) is 15.3. The van der Waals surface area contributed by atoms with Crippen molar-refractivity contribution in [1.82, 2.24) is 24.6 Å². The van der Waals surface area contributed by atoms with Crippen LogP contribution >= 0.6 is 15.9 Å². The molecule has 0 atom stereocenters. The van der Waals surface area contributed by atoms with Gasteiger partial charge in [-0.2, -0.15) is 5.10 Å². The van der Waals surface area contributed by atoms with Crippen molar-refractivity contribution in [3.63, 3.8) is 0 Å². The number of benzene rings is 1. The van der Waals surface area contributed by atoms with Gasteiger partial charge < -0.3 is 10.2 Å². The lowest BCUT2D eigenvalue weighted by Gasteiger charge is -2.32. The zero-order valence-corrected chi connectivity index (χ0v) is 16.7. The number of hydrogen-bond donors (Lipinski definition) is 1. The number of piperidine rings is 1. The number of nitrogens with zero attached hydrogens (tertiary/aromatic N) is 5. The Labute approximate surface area is 165 Å². The molecule has 8 heteroatoms. The van der Waals surface area contributed by atoms with Crippen LogP contribution in [-0.4, -0.2) is 50.2 Å². The molecule has 0 aliphatic carbocycles. The molecule has 0 spiro atoms. The van der Waals surface area contributed by atoms with E-state index in [2.05, 4.69) is 36.3 Å². The van der Waals surface area contributed by atoms with Crippen LogP contribution in [0.1, 0.15) is 23.2 Å². The first-order chi connectivity index (χ1) is 13.1. The van der Waals surface area contributed by atoms with E-state index < -0.39 is 0 Å². The van der Waals surface area contributed by atoms with Gasteiger partial charge in [-0.05, 0) is 46.8 Å². The summed E-state index contributed by atoms with van der Waals surface area (Å²) in [4.78, 5) is 23.2. The molecule has 140 valence electrons. The molecule has 7 nitrogen and oxygen atoms in total. The van der Waals surface area contributed by atoms with Crippen LogP contribution in [-0.2, 0) is 7.05 Å². The highest BCUT2D eigenvalue weighted by Gasteiger charge is 2.24. The highest BCUT2D eigenvalue weighted by Crippen LogP contribution is 2.27. The quantitative estimate of drug-likeness (QED) is 0.690. The Balaban J connectivity index is 1.36. The van der Waals surface area contributed by atoms with Crippen LogP contribution in [0.3, 0.4) is 0 Å². The van der Waals surface area contributed by atoms with Crippen molar-refractivity contribution in [3.05, 3.63) is 46.8 Å². The number of anilines is 1. The van der Waals surface area contributed by atoms with Gasteiger partial charge in [0.25, 0.3) is 5.91 Å². The second-order valence-electron chi connectivity index (χ2n) is 6.82. The minimum atomic E-state index is 0.124. The molecule has 3 aromatic rings. The fourth-order valence-corrected chi connectivity index (χ4v) is 4.12. The van der Waals surface area contributed by atoms with Gasteiger partial charge >= 0.3 is 0 Å². The Morgan fingerprint density at radius 1 is 1.22 bits per heavy atom. The monoisotopic (exact) mass is 428 g/mol. The number of nitrogens with one attached hydrogen (secondary N) is 1. The van der Waals surface area contributed by atoms with Gasteiger partial charge in [0.2, 0.25) is 0 Å². The number of hydrogen-bond acceptors (Lipinski definition) is 5. The summed E-state index contributed by atoms with van der Waals surface area (Å²) in [6.45, 7) is 2.40. The van der Waals surface area contributed by atoms with E-state index in [1.165, 1.54) is 0 Å². The lowest BCUT2D eigenvalue weighted by molar-refractivity contribution is 0.0695. The molecule has 0 radical (unpaired) electrons. The summed E-state index contributed by atoms with van der Waals surface area (Å²) in [7, 11) is 1.86. The maximum Gasteiger partial charge on any atom is 0.253 e. The Morgan fingerprint density at radius 3 is 2.70 bits per heavy atom. The topological polar surface area (TPSA) is 75.9 Å². The smallest absolute Gasteiger partial charge is 0.253 e. The minimum absolute atomic E-state index is 0.124. The zero-order valence-electron chi connectivity index (χ0n) is 15.1. The Kier molecular flexibility index (Phi) is 5.07. The standard InChI is InChI=1S/C19H21BrN6O/c1-25-18-15(16(20)24-25)17(22-12-23-18)21-11-13-7-9-26(10-8-13)19(27)14-5-3-2-4-6-14/h2-6,12-13H,7-11H2,1H3,(H,21,22,23). The Hall–Kier alpha value is -2.48. The molecule has 1 saturated heterocycles. The van der Waals surface area contributed by atoms with Crippen molar-refractivity contribution in [1.29, 1.82) is 0 Å². The van der Waals surface area contributed by atoms with E-state index in [0.717, 1.165) is 59.5 Å². The number of aromatic nitrogens is 4. The second kappa shape index (κ2) is 7.64. The molecule has 1 aliphatic heterocycles. The molecule has 1 aromatic carbocycles. The minimum Gasteiger partial charge on any atom is -0.369 e. The van der Waals surface area contributed by atoms with Crippen molar-refractivity contribution in [2.45, 2.75) is 12.8 Å². The summed E-state index contributed by atoms with van der Waals surface area (Å²) in [6, 6.07) is 9.50. The number of likely N-dealkylation sites (tertiary alicyclic amines) is 1. The molecular formula is C19H21BrN6O. The predicted octanol–water partition coefficient (Wildman–Crippen LogP) is 3.09. The fourth-order valence-electron chi connectivity index (χ4n) is 3.52. The molecule has 27 heavy (non-hydrogen) atoms. The van der Waals surface area contributed by atoms with E-state index in [1.54, 1.807) is 11.0 Å². The maximum absolute atomic E-state index is 12.6. The number of aryl methyl sites for hydroxylation is 1. The van der Waals surface area contributed by atoms with Gasteiger partial charge in [0.15, 0.2) is 5.65 Å². The first-order valence-electron chi connectivity index (χ1n) is 9.05. The van der Waals surface area contributed by atoms with Crippen molar-refractivity contribution < 1.29 is 4.79 Å². The number of carbonyl (C=O) groups is 1. The van der Waals surface area contributed by atoms with Crippen LogP contribution in [0.4, 0.5) is 5.82 Å². The van der Waals surface area contributed by atoms with E-state index in [4.69, 9.17) is 0 Å². The average molecular weight is 429 g/mol. The van der Waals surface area contributed by atoms with Gasteiger partial charge in [0.1, 0.15) is 16.7 Å². The molecule has 1 aliphatic rings. The number of rotatable bonds is 4. The molecule has 1 N–H and O–H groups in total. The van der Waals surface area contributed by atoms with Crippen molar-refractivity contribution in [3.8, 4) is 0 Å². The van der Waals surface area contributed by atoms with Crippen LogP contribution < -0.4 is 5.32 Å². The van der Waals surface area contributed by atoms with Gasteiger partial charge in [-0.15, -0.1) is 0 Å². The van der Waals surface area contributed by atoms with E-state index in [0.29, 0.717) is 5.92 Å². The molecule has 2 aromatic heterocycles. The first kappa shape index (κ1) is 17.9. The van der Waals surface area contributed by atoms with Crippen molar-refractivity contribution in [2.24, 2.45) is 13.0 Å². The Bertz CT molecular complexity index is 949. The number of amides is 1. The third kappa shape index (κ3) is 3.66. The lowest BCUT2D eigenvalue weighted by Crippen LogP contribution is -2.39. The van der Waals surface area contributed by atoms with Crippen LogP contribution in [0.25, 0.3) is 11.0 Å². The van der Waals surface area contributed by atoms with Crippen molar-refractivity contribution in [2.75, 3.05) is 25.0 Å². The number of fused-ring (bicyclic) bond motifs is 1. The third-order valence-corrected chi connectivity index (χ3v) is 5.61. The molecule has 3 heterocycles. The predicted molar refractivity (Wildman–Crippen MR) is 108 cm³/mol. The number of halogens is 1. The molecule has 1 amide bonds. The zero-order chi connectivity index (χ0) is 18.8. The maximum atomic E-state index is 12.6. The molecule has 0 saturated carbocycles. The van der Waals surface area contributed by atoms with Gasteiger partial charge in [0.05, 0.1) is 5.39 Å². The highest BCUT2D eigenvalue weighted by molar-refractivity contribution is 9.10. The van der Waals surface area contributed by atoms with Crippen LogP contribution in [0.15, 0.2) is 41.3 Å². The molecule has 0 bridgehead atoms. The second-order valence-corrected chi connectivity index (χ2v) is 7.57. The highest BCUT2D eigenvalue weighted by atomic mass is 79.9. The summed E-state index contributed by atoms with van der Waals surface area (Å²) < 4.78 is 2.48. The molecule has 0 unspecified atom stereocenters. The largest absolute Gasteiger partial charge is 0.369 e. The van der Waals surface area contributed by atoms with Crippen molar-refractivity contribution >= 4 is 38.7 Å². The summed E-state index contributed by atoms with van der Waals surface area (Å²) in [5, 5.41) is 8.70.